The number of nitro groups is 1. The molecule has 0 amide bonds. The molecule has 2 aromatic carbocycles. The second kappa shape index (κ2) is 6.30. The van der Waals surface area contributed by atoms with E-state index >= 15 is 0 Å². The summed E-state index contributed by atoms with van der Waals surface area (Å²) in [6, 6.07) is 6.50. The zero-order valence-corrected chi connectivity index (χ0v) is 16.4. The highest BCUT2D eigenvalue weighted by Crippen LogP contribution is 2.31. The van der Waals surface area contributed by atoms with E-state index in [4.69, 9.17) is 23.2 Å². The Kier molecular flexibility index (Phi) is 4.18. The minimum atomic E-state index is -0.589. The second-order valence-electron chi connectivity index (χ2n) is 6.18. The van der Waals surface area contributed by atoms with E-state index in [1.165, 1.54) is 29.5 Å². The van der Waals surface area contributed by atoms with E-state index < -0.39 is 4.92 Å². The Morgan fingerprint density at radius 3 is 2.63 bits per heavy atom. The maximum Gasteiger partial charge on any atom is 0.288 e. The lowest BCUT2D eigenvalue weighted by molar-refractivity contribution is -0.384. The largest absolute Gasteiger partial charge is 0.288 e. The molecule has 2 heterocycles. The van der Waals surface area contributed by atoms with Gasteiger partial charge in [0.25, 0.3) is 11.2 Å². The average molecular weight is 420 g/mol. The van der Waals surface area contributed by atoms with Gasteiger partial charge in [0, 0.05) is 16.7 Å². The number of rotatable bonds is 2. The van der Waals surface area contributed by atoms with Gasteiger partial charge in [0.2, 0.25) is 0 Å². The highest BCUT2D eigenvalue weighted by molar-refractivity contribution is 7.15. The molecule has 0 saturated heterocycles. The van der Waals surface area contributed by atoms with Gasteiger partial charge in [-0.2, -0.15) is 0 Å². The van der Waals surface area contributed by atoms with E-state index in [-0.39, 0.29) is 21.3 Å². The number of aryl methyl sites for hydroxylation is 2. The summed E-state index contributed by atoms with van der Waals surface area (Å²) < 4.78 is 1.95. The van der Waals surface area contributed by atoms with Crippen molar-refractivity contribution in [1.82, 2.24) is 9.38 Å². The number of hydrogen-bond acceptors (Lipinski definition) is 5. The monoisotopic (exact) mass is 419 g/mol. The van der Waals surface area contributed by atoms with Crippen LogP contribution in [0, 0.1) is 24.0 Å². The predicted molar refractivity (Wildman–Crippen MR) is 108 cm³/mol. The highest BCUT2D eigenvalue weighted by atomic mass is 35.5. The van der Waals surface area contributed by atoms with E-state index in [9.17, 15) is 14.9 Å². The molecule has 0 unspecified atom stereocenters. The second-order valence-corrected chi connectivity index (χ2v) is 8.00. The molecule has 4 aromatic rings. The van der Waals surface area contributed by atoms with Crippen LogP contribution in [0.2, 0.25) is 10.0 Å². The Labute approximate surface area is 166 Å². The Hall–Kier alpha value is -2.48. The van der Waals surface area contributed by atoms with Crippen molar-refractivity contribution in [3.8, 4) is 0 Å². The minimum Gasteiger partial charge on any atom is -0.267 e. The van der Waals surface area contributed by atoms with Gasteiger partial charge in [-0.25, -0.2) is 9.38 Å². The van der Waals surface area contributed by atoms with Gasteiger partial charge in [0.15, 0.2) is 4.96 Å². The fraction of sp³-hybridized carbons (Fsp3) is 0.111. The molecule has 0 spiro atoms. The van der Waals surface area contributed by atoms with Crippen LogP contribution in [0.4, 0.5) is 5.69 Å². The summed E-state index contributed by atoms with van der Waals surface area (Å²) >= 11 is 13.2. The number of aromatic nitrogens is 2. The first-order valence-electron chi connectivity index (χ1n) is 7.83. The van der Waals surface area contributed by atoms with Crippen LogP contribution < -0.4 is 10.1 Å². The van der Waals surface area contributed by atoms with Crippen molar-refractivity contribution in [2.75, 3.05) is 0 Å². The molecule has 0 N–H and O–H groups in total. The third kappa shape index (κ3) is 2.88. The van der Waals surface area contributed by atoms with Gasteiger partial charge in [-0.3, -0.25) is 14.9 Å². The number of hydrogen-bond donors (Lipinski definition) is 0. The van der Waals surface area contributed by atoms with Crippen molar-refractivity contribution in [2.24, 2.45) is 0 Å². The van der Waals surface area contributed by atoms with Crippen LogP contribution >= 0.6 is 34.5 Å². The Balaban J connectivity index is 2.01. The SMILES string of the molecule is Cc1cc(C)c2nc3s/c(=C\c4cc([N+](=O)[O-])c(Cl)cc4Cl)c(=O)n3c2c1. The molecule has 4 rings (SSSR count). The number of benzene rings is 2. The molecule has 2 aromatic heterocycles. The molecule has 0 bridgehead atoms. The lowest BCUT2D eigenvalue weighted by atomic mass is 10.1. The summed E-state index contributed by atoms with van der Waals surface area (Å²) in [5, 5.41) is 11.3. The molecule has 9 heteroatoms. The highest BCUT2D eigenvalue weighted by Gasteiger charge is 2.17. The number of nitro benzene ring substituents is 1. The first kappa shape index (κ1) is 17.9. The van der Waals surface area contributed by atoms with E-state index in [0.29, 0.717) is 15.1 Å². The summed E-state index contributed by atoms with van der Waals surface area (Å²) in [5.74, 6) is 0. The molecule has 6 nitrogen and oxygen atoms in total. The quantitative estimate of drug-likeness (QED) is 0.358. The summed E-state index contributed by atoms with van der Waals surface area (Å²) in [6.07, 6.45) is 1.53. The van der Waals surface area contributed by atoms with Crippen LogP contribution in [0.5, 0.6) is 0 Å². The Morgan fingerprint density at radius 1 is 1.19 bits per heavy atom. The third-order valence-corrected chi connectivity index (χ3v) is 5.83. The van der Waals surface area contributed by atoms with Gasteiger partial charge in [0.1, 0.15) is 5.02 Å². The number of halogens is 2. The number of thiazole rings is 1. The summed E-state index contributed by atoms with van der Waals surface area (Å²) in [7, 11) is 0. The zero-order valence-electron chi connectivity index (χ0n) is 14.1. The van der Waals surface area contributed by atoms with Crippen LogP contribution in [0.25, 0.3) is 22.1 Å². The van der Waals surface area contributed by atoms with Crippen molar-refractivity contribution in [1.29, 1.82) is 0 Å². The van der Waals surface area contributed by atoms with Gasteiger partial charge in [-0.15, -0.1) is 0 Å². The van der Waals surface area contributed by atoms with Crippen LogP contribution in [-0.2, 0) is 0 Å². The Morgan fingerprint density at radius 2 is 1.93 bits per heavy atom. The molecular formula is C18H11Cl2N3O3S. The Bertz CT molecular complexity index is 1370. The third-order valence-electron chi connectivity index (χ3n) is 4.23. The maximum absolute atomic E-state index is 12.9. The molecule has 0 saturated carbocycles. The van der Waals surface area contributed by atoms with E-state index in [2.05, 4.69) is 4.98 Å². The van der Waals surface area contributed by atoms with Crippen LogP contribution in [0.15, 0.2) is 29.1 Å². The van der Waals surface area contributed by atoms with Gasteiger partial charge < -0.3 is 0 Å². The zero-order chi connectivity index (χ0) is 19.5. The lowest BCUT2D eigenvalue weighted by Gasteiger charge is -2.00. The van der Waals surface area contributed by atoms with Crippen LogP contribution in [0.3, 0.4) is 0 Å². The van der Waals surface area contributed by atoms with E-state index in [0.717, 1.165) is 22.2 Å². The molecule has 136 valence electrons. The fourth-order valence-electron chi connectivity index (χ4n) is 3.06. The smallest absolute Gasteiger partial charge is 0.267 e. The molecule has 0 aliphatic heterocycles. The van der Waals surface area contributed by atoms with Crippen molar-refractivity contribution in [3.05, 3.63) is 76.0 Å². The van der Waals surface area contributed by atoms with Crippen molar-refractivity contribution >= 4 is 62.3 Å². The number of imidazole rings is 1. The normalized spacial score (nSPS) is 12.4. The summed E-state index contributed by atoms with van der Waals surface area (Å²) in [5.41, 5.74) is 3.42. The predicted octanol–water partition coefficient (Wildman–Crippen LogP) is 4.29. The van der Waals surface area contributed by atoms with E-state index in [1.807, 2.05) is 26.0 Å². The van der Waals surface area contributed by atoms with Gasteiger partial charge >= 0.3 is 0 Å². The average Bonchev–Trinajstić information content (AvgIpc) is 3.07. The van der Waals surface area contributed by atoms with Crippen molar-refractivity contribution in [3.63, 3.8) is 0 Å². The lowest BCUT2D eigenvalue weighted by Crippen LogP contribution is -2.22. The first-order chi connectivity index (χ1) is 12.8. The van der Waals surface area contributed by atoms with Gasteiger partial charge in [0.05, 0.1) is 20.5 Å². The summed E-state index contributed by atoms with van der Waals surface area (Å²) in [6.45, 7) is 3.92. The molecule has 0 fully saturated rings. The summed E-state index contributed by atoms with van der Waals surface area (Å²) in [4.78, 5) is 28.6. The van der Waals surface area contributed by atoms with Crippen molar-refractivity contribution < 1.29 is 4.92 Å². The first-order valence-corrected chi connectivity index (χ1v) is 9.41. The van der Waals surface area contributed by atoms with E-state index in [1.54, 1.807) is 4.40 Å². The molecule has 0 radical (unpaired) electrons. The fourth-order valence-corrected chi connectivity index (χ4v) is 4.53. The number of fused-ring (bicyclic) bond motifs is 3. The van der Waals surface area contributed by atoms with Crippen LogP contribution in [0.1, 0.15) is 16.7 Å². The topological polar surface area (TPSA) is 77.5 Å². The molecular weight excluding hydrogens is 409 g/mol. The van der Waals surface area contributed by atoms with Crippen LogP contribution in [-0.4, -0.2) is 14.3 Å². The minimum absolute atomic E-state index is 0.0533. The van der Waals surface area contributed by atoms with Gasteiger partial charge in [-0.05, 0) is 43.2 Å². The molecule has 0 aliphatic carbocycles. The number of nitrogens with zero attached hydrogens (tertiary/aromatic N) is 3. The molecule has 27 heavy (non-hydrogen) atoms. The standard InChI is InChI=1S/C18H11Cl2N3O3S/c1-8-3-9(2)16-14(4-8)22-17(24)15(27-18(22)21-16)6-10-5-13(23(25)26)12(20)7-11(10)19/h3-7H,1-2H3/b15-6-. The van der Waals surface area contributed by atoms with Gasteiger partial charge in [-0.1, -0.05) is 40.6 Å². The maximum atomic E-state index is 12.9. The molecule has 0 aliphatic rings. The molecule has 0 atom stereocenters. The van der Waals surface area contributed by atoms with Crippen molar-refractivity contribution in [2.45, 2.75) is 13.8 Å².